The van der Waals surface area contributed by atoms with Gasteiger partial charge in [-0.25, -0.2) is 10.3 Å². The van der Waals surface area contributed by atoms with Gasteiger partial charge in [0.05, 0.1) is 4.47 Å². The Morgan fingerprint density at radius 1 is 1.21 bits per heavy atom. The van der Waals surface area contributed by atoms with E-state index in [9.17, 15) is 14.7 Å². The van der Waals surface area contributed by atoms with E-state index in [1.165, 1.54) is 11.6 Å². The Morgan fingerprint density at radius 3 is 2.68 bits per heavy atom. The van der Waals surface area contributed by atoms with Crippen molar-refractivity contribution in [1.82, 2.24) is 5.48 Å². The Kier molecular flexibility index (Phi) is 8.45. The molecule has 0 saturated heterocycles. The number of allylic oxidation sites excluding steroid dienone is 1. The van der Waals surface area contributed by atoms with Gasteiger partial charge in [0, 0.05) is 33.3 Å². The van der Waals surface area contributed by atoms with Crippen molar-refractivity contribution in [2.45, 2.75) is 32.8 Å². The first-order valence-corrected chi connectivity index (χ1v) is 11.8. The van der Waals surface area contributed by atoms with Crippen LogP contribution in [0.4, 0.5) is 10.5 Å². The van der Waals surface area contributed by atoms with Crippen LogP contribution in [-0.4, -0.2) is 29.1 Å². The Balaban J connectivity index is 1.83. The lowest BCUT2D eigenvalue weighted by atomic mass is 9.78. The molecule has 0 aromatic heterocycles. The Morgan fingerprint density at radius 2 is 1.94 bits per heavy atom. The largest absolute Gasteiger partial charge is 0.506 e. The highest BCUT2D eigenvalue weighted by molar-refractivity contribution is 9.11. The zero-order chi connectivity index (χ0) is 24.9. The quantitative estimate of drug-likeness (QED) is 0.171. The predicted molar refractivity (Wildman–Crippen MR) is 131 cm³/mol. The van der Waals surface area contributed by atoms with Gasteiger partial charge in [-0.15, -0.1) is 0 Å². The van der Waals surface area contributed by atoms with Crippen molar-refractivity contribution in [2.75, 3.05) is 12.1 Å². The molecule has 11 heteroatoms. The molecule has 0 spiro atoms. The van der Waals surface area contributed by atoms with Crippen LogP contribution in [0.1, 0.15) is 38.4 Å². The van der Waals surface area contributed by atoms with Gasteiger partial charge in [0.1, 0.15) is 11.9 Å². The number of phenols is 1. The number of fused-ring (bicyclic) bond motifs is 1. The number of carbonyl (C=O) groups is 2. The summed E-state index contributed by atoms with van der Waals surface area (Å²) in [5.41, 5.74) is 1.74. The number of rotatable bonds is 8. The van der Waals surface area contributed by atoms with E-state index in [2.05, 4.69) is 37.2 Å². The van der Waals surface area contributed by atoms with E-state index in [0.29, 0.717) is 44.5 Å². The zero-order valence-electron chi connectivity index (χ0n) is 18.4. The molecule has 2 aromatic carbocycles. The smallest absolute Gasteiger partial charge is 0.412 e. The number of halogens is 2. The molecule has 1 aliphatic rings. The Hall–Kier alpha value is -2.76. The molecule has 0 aliphatic carbocycles. The molecular formula is C23H24Br2N2O7. The summed E-state index contributed by atoms with van der Waals surface area (Å²) in [5.74, 6) is 0.418. The van der Waals surface area contributed by atoms with E-state index in [1.54, 1.807) is 36.4 Å². The molecule has 3 rings (SSSR count). The van der Waals surface area contributed by atoms with Crippen molar-refractivity contribution in [2.24, 2.45) is 5.41 Å². The molecule has 1 heterocycles. The summed E-state index contributed by atoms with van der Waals surface area (Å²) in [6, 6.07) is 8.36. The summed E-state index contributed by atoms with van der Waals surface area (Å²) in [5, 5.41) is 22.0. The van der Waals surface area contributed by atoms with E-state index < -0.39 is 23.5 Å². The van der Waals surface area contributed by atoms with Crippen LogP contribution < -0.4 is 20.3 Å². The van der Waals surface area contributed by atoms with Crippen molar-refractivity contribution in [3.63, 3.8) is 0 Å². The van der Waals surface area contributed by atoms with Gasteiger partial charge in [-0.1, -0.05) is 35.9 Å². The van der Waals surface area contributed by atoms with Gasteiger partial charge in [0.25, 0.3) is 5.91 Å². The molecular weight excluding hydrogens is 576 g/mol. The summed E-state index contributed by atoms with van der Waals surface area (Å²) in [6.45, 7) is 3.89. The van der Waals surface area contributed by atoms with Crippen LogP contribution in [0.5, 0.6) is 17.2 Å². The van der Waals surface area contributed by atoms with Gasteiger partial charge in [0.2, 0.25) is 6.79 Å². The highest BCUT2D eigenvalue weighted by Crippen LogP contribution is 2.46. The van der Waals surface area contributed by atoms with Crippen LogP contribution in [-0.2, 0) is 9.53 Å². The number of amides is 2. The van der Waals surface area contributed by atoms with Crippen molar-refractivity contribution in [3.8, 4) is 17.2 Å². The number of hydrogen-bond acceptors (Lipinski definition) is 7. The second kappa shape index (κ2) is 11.1. The highest BCUT2D eigenvalue weighted by atomic mass is 79.9. The third-order valence-corrected chi connectivity index (χ3v) is 6.29. The fourth-order valence-electron chi connectivity index (χ4n) is 3.47. The minimum atomic E-state index is -0.852. The molecule has 1 aliphatic heterocycles. The molecule has 182 valence electrons. The maximum Gasteiger partial charge on any atom is 0.412 e. The molecule has 0 saturated carbocycles. The van der Waals surface area contributed by atoms with Crippen LogP contribution in [0.15, 0.2) is 51.4 Å². The maximum atomic E-state index is 12.9. The Bertz CT molecular complexity index is 1100. The predicted octanol–water partition coefficient (Wildman–Crippen LogP) is 5.80. The first-order chi connectivity index (χ1) is 16.1. The molecule has 1 atom stereocenters. The Labute approximate surface area is 213 Å². The summed E-state index contributed by atoms with van der Waals surface area (Å²) in [7, 11) is 0. The number of aromatic hydroxyl groups is 1. The zero-order valence-corrected chi connectivity index (χ0v) is 21.6. The lowest BCUT2D eigenvalue weighted by Crippen LogP contribution is -2.29. The van der Waals surface area contributed by atoms with E-state index in [1.807, 2.05) is 13.8 Å². The van der Waals surface area contributed by atoms with Crippen LogP contribution in [0.3, 0.4) is 0 Å². The molecule has 34 heavy (non-hydrogen) atoms. The minimum Gasteiger partial charge on any atom is -0.506 e. The average molecular weight is 600 g/mol. The molecule has 9 nitrogen and oxygen atoms in total. The van der Waals surface area contributed by atoms with Crippen molar-refractivity contribution in [1.29, 1.82) is 0 Å². The van der Waals surface area contributed by atoms with Gasteiger partial charge in [-0.05, 0) is 53.0 Å². The molecule has 0 unspecified atom stereocenters. The van der Waals surface area contributed by atoms with E-state index in [-0.39, 0.29) is 12.5 Å². The summed E-state index contributed by atoms with van der Waals surface area (Å²) in [6.07, 6.45) is 2.20. The third kappa shape index (κ3) is 6.43. The number of hydrogen-bond donors (Lipinski definition) is 4. The average Bonchev–Trinajstić information content (AvgIpc) is 3.25. The van der Waals surface area contributed by atoms with Crippen LogP contribution in [0, 0.1) is 5.41 Å². The third-order valence-electron chi connectivity index (χ3n) is 5.23. The van der Waals surface area contributed by atoms with Gasteiger partial charge in [-0.3, -0.25) is 15.3 Å². The van der Waals surface area contributed by atoms with Gasteiger partial charge in [-0.2, -0.15) is 0 Å². The molecule has 2 aromatic rings. The van der Waals surface area contributed by atoms with Gasteiger partial charge in [0.15, 0.2) is 11.5 Å². The van der Waals surface area contributed by atoms with Gasteiger partial charge >= 0.3 is 6.09 Å². The fourth-order valence-corrected chi connectivity index (χ4v) is 4.73. The number of nitrogens with one attached hydrogen (secondary N) is 2. The molecule has 4 N–H and O–H groups in total. The van der Waals surface area contributed by atoms with Crippen LogP contribution in [0.2, 0.25) is 0 Å². The number of hydroxylamine groups is 1. The molecule has 0 bridgehead atoms. The number of phenolic OH excluding ortho intramolecular Hbond substituents is 1. The maximum absolute atomic E-state index is 12.9. The second-order valence-corrected chi connectivity index (χ2v) is 9.98. The lowest BCUT2D eigenvalue weighted by molar-refractivity contribution is -0.124. The van der Waals surface area contributed by atoms with E-state index in [0.717, 1.165) is 0 Å². The lowest BCUT2D eigenvalue weighted by Gasteiger charge is -2.34. The topological polar surface area (TPSA) is 126 Å². The summed E-state index contributed by atoms with van der Waals surface area (Å²) >= 11 is 6.74. The highest BCUT2D eigenvalue weighted by Gasteiger charge is 2.36. The monoisotopic (exact) mass is 598 g/mol. The minimum absolute atomic E-state index is 0.0487. The number of anilines is 1. The van der Waals surface area contributed by atoms with Gasteiger partial charge < -0.3 is 19.3 Å². The second-order valence-electron chi connectivity index (χ2n) is 8.21. The summed E-state index contributed by atoms with van der Waals surface area (Å²) in [4.78, 5) is 24.1. The first kappa shape index (κ1) is 25.9. The van der Waals surface area contributed by atoms with Crippen LogP contribution in [0.25, 0.3) is 0 Å². The van der Waals surface area contributed by atoms with Crippen molar-refractivity contribution in [3.05, 3.63) is 57.0 Å². The summed E-state index contributed by atoms with van der Waals surface area (Å²) < 4.78 is 17.6. The normalized spacial score (nSPS) is 13.6. The number of ether oxygens (including phenoxy) is 3. The number of benzene rings is 2. The molecule has 2 amide bonds. The SMILES string of the molecule is CC(C)(CC/C=C/C(=O)NO)[C@H](OC(=O)Nc1ccc2c(c1)OCO2)c1cc(Br)cc(Br)c1O. The molecule has 0 radical (unpaired) electrons. The fraction of sp³-hybridized carbons (Fsp3) is 0.304. The standard InChI is InChI=1S/C23H24Br2N2O7/c1-23(2,8-4-3-5-19(28)27-31)21(15-9-13(24)10-16(25)20(15)29)34-22(30)26-14-6-7-17-18(11-14)33-12-32-17/h3,5-7,9-11,21,29,31H,4,8,12H2,1-2H3,(H,26,30)(H,27,28)/b5-3+/t21-/m1/s1. The van der Waals surface area contributed by atoms with Crippen molar-refractivity contribution < 1.29 is 34.1 Å². The van der Waals surface area contributed by atoms with Crippen LogP contribution >= 0.6 is 31.9 Å². The van der Waals surface area contributed by atoms with Crippen molar-refractivity contribution >= 4 is 49.5 Å². The number of carbonyl (C=O) groups excluding carboxylic acids is 2. The van der Waals surface area contributed by atoms with E-state index in [4.69, 9.17) is 19.4 Å². The molecule has 0 fully saturated rings. The van der Waals surface area contributed by atoms with E-state index >= 15 is 0 Å². The first-order valence-electron chi connectivity index (χ1n) is 10.3.